The first-order chi connectivity index (χ1) is 14.0. The number of ether oxygens (including phenoxy) is 3. The maximum absolute atomic E-state index is 12.7. The van der Waals surface area contributed by atoms with E-state index in [2.05, 4.69) is 5.32 Å². The molecule has 2 aromatic carbocycles. The highest BCUT2D eigenvalue weighted by atomic mass is 16.5. The Hall–Kier alpha value is -3.41. The lowest BCUT2D eigenvalue weighted by Gasteiger charge is -2.17. The molecular weight excluding hydrogens is 370 g/mol. The molecule has 6 heteroatoms. The molecule has 0 radical (unpaired) electrons. The molecule has 152 valence electrons. The number of aryl methyl sites for hydroxylation is 1. The Morgan fingerprint density at radius 1 is 1.03 bits per heavy atom. The molecule has 1 atom stereocenters. The summed E-state index contributed by atoms with van der Waals surface area (Å²) < 4.78 is 21.9. The Labute approximate surface area is 170 Å². The third kappa shape index (κ3) is 4.90. The number of rotatable bonds is 8. The zero-order valence-electron chi connectivity index (χ0n) is 17.0. The number of amides is 1. The average molecular weight is 395 g/mol. The molecule has 1 aromatic heterocycles. The van der Waals surface area contributed by atoms with Crippen molar-refractivity contribution in [2.75, 3.05) is 14.2 Å². The van der Waals surface area contributed by atoms with Crippen LogP contribution in [0.2, 0.25) is 0 Å². The Morgan fingerprint density at radius 3 is 2.41 bits per heavy atom. The van der Waals surface area contributed by atoms with Crippen LogP contribution in [0.25, 0.3) is 0 Å². The molecule has 0 aliphatic carbocycles. The minimum Gasteiger partial charge on any atom is -0.497 e. The Kier molecular flexibility index (Phi) is 6.44. The molecule has 0 saturated carbocycles. The van der Waals surface area contributed by atoms with Gasteiger partial charge in [0.25, 0.3) is 5.91 Å². The predicted octanol–water partition coefficient (Wildman–Crippen LogP) is 4.68. The lowest BCUT2D eigenvalue weighted by Crippen LogP contribution is -2.27. The Balaban J connectivity index is 1.64. The molecule has 3 aromatic rings. The SMILES string of the molecule is COc1ccc(OCc2cc(C(=O)N[C@@H](C)c3ccccc3OC)c(C)o2)cc1. The van der Waals surface area contributed by atoms with E-state index in [-0.39, 0.29) is 18.6 Å². The first-order valence-electron chi connectivity index (χ1n) is 9.31. The highest BCUT2D eigenvalue weighted by molar-refractivity contribution is 5.95. The highest BCUT2D eigenvalue weighted by Crippen LogP contribution is 2.25. The molecule has 29 heavy (non-hydrogen) atoms. The van der Waals surface area contributed by atoms with Gasteiger partial charge in [-0.15, -0.1) is 0 Å². The minimum atomic E-state index is -0.216. The van der Waals surface area contributed by atoms with Gasteiger partial charge in [-0.3, -0.25) is 4.79 Å². The first-order valence-corrected chi connectivity index (χ1v) is 9.31. The van der Waals surface area contributed by atoms with Crippen molar-refractivity contribution < 1.29 is 23.4 Å². The van der Waals surface area contributed by atoms with Crippen LogP contribution in [0.1, 0.15) is 40.4 Å². The maximum Gasteiger partial charge on any atom is 0.255 e. The third-order valence-corrected chi connectivity index (χ3v) is 4.61. The van der Waals surface area contributed by atoms with E-state index in [9.17, 15) is 4.79 Å². The molecule has 1 N–H and O–H groups in total. The summed E-state index contributed by atoms with van der Waals surface area (Å²) in [5.41, 5.74) is 1.40. The normalized spacial score (nSPS) is 11.6. The van der Waals surface area contributed by atoms with Crippen LogP contribution in [-0.2, 0) is 6.61 Å². The van der Waals surface area contributed by atoms with E-state index in [0.29, 0.717) is 22.8 Å². The summed E-state index contributed by atoms with van der Waals surface area (Å²) in [4.78, 5) is 12.7. The molecule has 0 aliphatic rings. The fraction of sp³-hybridized carbons (Fsp3) is 0.261. The standard InChI is InChI=1S/C23H25NO5/c1-15(20-7-5-6-8-22(20)27-4)24-23(25)21-13-19(29-16(21)2)14-28-18-11-9-17(26-3)10-12-18/h5-13,15H,14H2,1-4H3,(H,24,25)/t15-/m0/s1. The topological polar surface area (TPSA) is 69.9 Å². The monoisotopic (exact) mass is 395 g/mol. The molecule has 6 nitrogen and oxygen atoms in total. The van der Waals surface area contributed by atoms with Crippen LogP contribution in [0.4, 0.5) is 0 Å². The van der Waals surface area contributed by atoms with Gasteiger partial charge in [0.05, 0.1) is 25.8 Å². The molecule has 1 heterocycles. The van der Waals surface area contributed by atoms with Gasteiger partial charge < -0.3 is 23.9 Å². The number of hydrogen-bond acceptors (Lipinski definition) is 5. The molecule has 0 unspecified atom stereocenters. The second kappa shape index (κ2) is 9.19. The lowest BCUT2D eigenvalue weighted by molar-refractivity contribution is 0.0938. The fourth-order valence-corrected chi connectivity index (χ4v) is 3.04. The number of furan rings is 1. The summed E-state index contributed by atoms with van der Waals surface area (Å²) in [6.07, 6.45) is 0. The zero-order valence-corrected chi connectivity index (χ0v) is 17.0. The van der Waals surface area contributed by atoms with Crippen LogP contribution in [0, 0.1) is 6.92 Å². The second-order valence-corrected chi connectivity index (χ2v) is 6.58. The van der Waals surface area contributed by atoms with E-state index >= 15 is 0 Å². The van der Waals surface area contributed by atoms with Gasteiger partial charge in [0.15, 0.2) is 0 Å². The van der Waals surface area contributed by atoms with Crippen molar-refractivity contribution in [2.45, 2.75) is 26.5 Å². The van der Waals surface area contributed by atoms with Crippen molar-refractivity contribution in [2.24, 2.45) is 0 Å². The fourth-order valence-electron chi connectivity index (χ4n) is 3.04. The van der Waals surface area contributed by atoms with Crippen LogP contribution in [0.5, 0.6) is 17.2 Å². The van der Waals surface area contributed by atoms with Crippen molar-refractivity contribution in [3.8, 4) is 17.2 Å². The lowest BCUT2D eigenvalue weighted by atomic mass is 10.1. The molecular formula is C23H25NO5. The predicted molar refractivity (Wildman–Crippen MR) is 110 cm³/mol. The summed E-state index contributed by atoms with van der Waals surface area (Å²) in [6.45, 7) is 3.90. The number of carbonyl (C=O) groups is 1. The van der Waals surface area contributed by atoms with Gasteiger partial charge in [0.2, 0.25) is 0 Å². The summed E-state index contributed by atoms with van der Waals surface area (Å²) in [6, 6.07) is 16.4. The Morgan fingerprint density at radius 2 is 1.72 bits per heavy atom. The number of carbonyl (C=O) groups excluding carboxylic acids is 1. The third-order valence-electron chi connectivity index (χ3n) is 4.61. The number of methoxy groups -OCH3 is 2. The van der Waals surface area contributed by atoms with Crippen LogP contribution in [0.15, 0.2) is 59.0 Å². The van der Waals surface area contributed by atoms with Crippen molar-refractivity contribution in [1.82, 2.24) is 5.32 Å². The largest absolute Gasteiger partial charge is 0.497 e. The summed E-state index contributed by atoms with van der Waals surface area (Å²) in [5.74, 6) is 3.10. The van der Waals surface area contributed by atoms with Crippen LogP contribution in [-0.4, -0.2) is 20.1 Å². The van der Waals surface area contributed by atoms with Gasteiger partial charge in [0.1, 0.15) is 35.4 Å². The van der Waals surface area contributed by atoms with Gasteiger partial charge in [-0.25, -0.2) is 0 Å². The maximum atomic E-state index is 12.7. The summed E-state index contributed by atoms with van der Waals surface area (Å²) in [5, 5.41) is 2.99. The van der Waals surface area contributed by atoms with E-state index in [4.69, 9.17) is 18.6 Å². The van der Waals surface area contributed by atoms with Gasteiger partial charge in [-0.05, 0) is 50.2 Å². The van der Waals surface area contributed by atoms with Crippen molar-refractivity contribution in [1.29, 1.82) is 0 Å². The number of para-hydroxylation sites is 1. The molecule has 0 fully saturated rings. The van der Waals surface area contributed by atoms with E-state index in [1.165, 1.54) is 0 Å². The first kappa shape index (κ1) is 20.3. The van der Waals surface area contributed by atoms with Crippen LogP contribution in [0.3, 0.4) is 0 Å². The molecule has 0 aliphatic heterocycles. The van der Waals surface area contributed by atoms with Crippen molar-refractivity contribution in [3.63, 3.8) is 0 Å². The van der Waals surface area contributed by atoms with E-state index in [1.807, 2.05) is 55.5 Å². The van der Waals surface area contributed by atoms with Crippen molar-refractivity contribution >= 4 is 5.91 Å². The zero-order chi connectivity index (χ0) is 20.8. The molecule has 1 amide bonds. The molecule has 3 rings (SSSR count). The van der Waals surface area contributed by atoms with Crippen LogP contribution < -0.4 is 19.5 Å². The quantitative estimate of drug-likeness (QED) is 0.600. The van der Waals surface area contributed by atoms with Gasteiger partial charge >= 0.3 is 0 Å². The van der Waals surface area contributed by atoms with Gasteiger partial charge in [-0.1, -0.05) is 18.2 Å². The van der Waals surface area contributed by atoms with Gasteiger partial charge in [-0.2, -0.15) is 0 Å². The summed E-state index contributed by atoms with van der Waals surface area (Å²) >= 11 is 0. The highest BCUT2D eigenvalue weighted by Gasteiger charge is 2.19. The van der Waals surface area contributed by atoms with E-state index < -0.39 is 0 Å². The van der Waals surface area contributed by atoms with E-state index in [0.717, 1.165) is 17.1 Å². The van der Waals surface area contributed by atoms with Crippen LogP contribution >= 0.6 is 0 Å². The average Bonchev–Trinajstić information content (AvgIpc) is 3.13. The van der Waals surface area contributed by atoms with Crippen molar-refractivity contribution in [3.05, 3.63) is 77.2 Å². The molecule has 0 saturated heterocycles. The number of hydrogen-bond donors (Lipinski definition) is 1. The summed E-state index contributed by atoms with van der Waals surface area (Å²) in [7, 11) is 3.23. The van der Waals surface area contributed by atoms with Gasteiger partial charge in [0, 0.05) is 5.56 Å². The second-order valence-electron chi connectivity index (χ2n) is 6.58. The smallest absolute Gasteiger partial charge is 0.255 e. The Bertz CT molecular complexity index is 962. The minimum absolute atomic E-state index is 0.208. The number of benzene rings is 2. The number of nitrogens with one attached hydrogen (secondary N) is 1. The molecule has 0 spiro atoms. The van der Waals surface area contributed by atoms with E-state index in [1.54, 1.807) is 27.2 Å². The molecule has 0 bridgehead atoms.